The van der Waals surface area contributed by atoms with E-state index in [1.54, 1.807) is 12.1 Å². The van der Waals surface area contributed by atoms with Crippen LogP contribution in [0.2, 0.25) is 0 Å². The number of carboxylic acid groups (broad SMARTS) is 1. The molecule has 5 nitrogen and oxygen atoms in total. The molecule has 5 heteroatoms. The highest BCUT2D eigenvalue weighted by atomic mass is 16.5. The lowest BCUT2D eigenvalue weighted by atomic mass is 9.99. The third-order valence-electron chi connectivity index (χ3n) is 2.56. The summed E-state index contributed by atoms with van der Waals surface area (Å²) in [7, 11) is 0. The predicted molar refractivity (Wildman–Crippen MR) is 72.5 cm³/mol. The van der Waals surface area contributed by atoms with Crippen molar-refractivity contribution in [1.82, 2.24) is 0 Å². The van der Waals surface area contributed by atoms with Gasteiger partial charge in [0, 0.05) is 6.42 Å². The lowest BCUT2D eigenvalue weighted by Crippen LogP contribution is -2.41. The first-order valence-electron chi connectivity index (χ1n) is 6.24. The maximum atomic E-state index is 10.7. The van der Waals surface area contributed by atoms with Crippen molar-refractivity contribution in [2.24, 2.45) is 5.73 Å². The lowest BCUT2D eigenvalue weighted by Gasteiger charge is -2.28. The van der Waals surface area contributed by atoms with Gasteiger partial charge in [-0.1, -0.05) is 0 Å². The largest absolute Gasteiger partial charge is 0.494 e. The van der Waals surface area contributed by atoms with Crippen LogP contribution in [-0.4, -0.2) is 29.3 Å². The SMILES string of the molecule is CCOc1ccc(OC(C)(C)CC(N)C(=O)O)cc1. The summed E-state index contributed by atoms with van der Waals surface area (Å²) in [5, 5.41) is 8.81. The van der Waals surface area contributed by atoms with E-state index in [9.17, 15) is 4.79 Å². The topological polar surface area (TPSA) is 81.8 Å². The fourth-order valence-corrected chi connectivity index (χ4v) is 1.75. The molecule has 0 amide bonds. The van der Waals surface area contributed by atoms with E-state index in [-0.39, 0.29) is 6.42 Å². The van der Waals surface area contributed by atoms with Gasteiger partial charge >= 0.3 is 5.97 Å². The molecule has 1 unspecified atom stereocenters. The normalized spacial score (nSPS) is 12.8. The van der Waals surface area contributed by atoms with Crippen LogP contribution in [0.3, 0.4) is 0 Å². The van der Waals surface area contributed by atoms with Crippen molar-refractivity contribution in [3.8, 4) is 11.5 Å². The summed E-state index contributed by atoms with van der Waals surface area (Å²) in [6, 6.07) is 6.27. The zero-order chi connectivity index (χ0) is 14.5. The first-order chi connectivity index (χ1) is 8.84. The molecule has 0 bridgehead atoms. The molecule has 19 heavy (non-hydrogen) atoms. The van der Waals surface area contributed by atoms with Crippen LogP contribution in [0.15, 0.2) is 24.3 Å². The summed E-state index contributed by atoms with van der Waals surface area (Å²) < 4.78 is 11.1. The quantitative estimate of drug-likeness (QED) is 0.790. The molecule has 0 saturated heterocycles. The first kappa shape index (κ1) is 15.3. The summed E-state index contributed by atoms with van der Waals surface area (Å²) in [6.07, 6.45) is 0.232. The van der Waals surface area contributed by atoms with Crippen molar-refractivity contribution in [3.63, 3.8) is 0 Å². The fraction of sp³-hybridized carbons (Fsp3) is 0.500. The molecule has 0 aliphatic carbocycles. The highest BCUT2D eigenvalue weighted by Crippen LogP contribution is 2.24. The van der Waals surface area contributed by atoms with Crippen molar-refractivity contribution >= 4 is 5.97 Å². The average Bonchev–Trinajstić information content (AvgIpc) is 2.31. The van der Waals surface area contributed by atoms with Crippen LogP contribution < -0.4 is 15.2 Å². The summed E-state index contributed by atoms with van der Waals surface area (Å²) >= 11 is 0. The molecule has 106 valence electrons. The molecule has 1 aromatic rings. The number of carbonyl (C=O) groups is 1. The Morgan fingerprint density at radius 1 is 1.32 bits per heavy atom. The molecular formula is C14H21NO4. The molecule has 0 saturated carbocycles. The number of nitrogens with two attached hydrogens (primary N) is 1. The average molecular weight is 267 g/mol. The van der Waals surface area contributed by atoms with Crippen LogP contribution in [0.4, 0.5) is 0 Å². The maximum absolute atomic E-state index is 10.7. The van der Waals surface area contributed by atoms with Crippen molar-refractivity contribution in [2.45, 2.75) is 38.8 Å². The zero-order valence-corrected chi connectivity index (χ0v) is 11.6. The fourth-order valence-electron chi connectivity index (χ4n) is 1.75. The molecule has 0 radical (unpaired) electrons. The Balaban J connectivity index is 2.64. The third kappa shape index (κ3) is 5.18. The molecule has 1 atom stereocenters. The smallest absolute Gasteiger partial charge is 0.320 e. The Kier molecular flexibility index (Phi) is 5.18. The molecule has 3 N–H and O–H groups in total. The van der Waals surface area contributed by atoms with Gasteiger partial charge < -0.3 is 20.3 Å². The van der Waals surface area contributed by atoms with E-state index in [2.05, 4.69) is 0 Å². The van der Waals surface area contributed by atoms with Gasteiger partial charge in [0.25, 0.3) is 0 Å². The Hall–Kier alpha value is -1.75. The number of benzene rings is 1. The van der Waals surface area contributed by atoms with E-state index in [0.29, 0.717) is 12.4 Å². The monoisotopic (exact) mass is 267 g/mol. The van der Waals surface area contributed by atoms with Crippen LogP contribution in [0.5, 0.6) is 11.5 Å². The van der Waals surface area contributed by atoms with E-state index >= 15 is 0 Å². The zero-order valence-electron chi connectivity index (χ0n) is 11.6. The van der Waals surface area contributed by atoms with Crippen LogP contribution in [0, 0.1) is 0 Å². The summed E-state index contributed by atoms with van der Waals surface area (Å²) in [5.74, 6) is 0.407. The number of hydrogen-bond acceptors (Lipinski definition) is 4. The highest BCUT2D eigenvalue weighted by Gasteiger charge is 2.26. The maximum Gasteiger partial charge on any atom is 0.320 e. The second kappa shape index (κ2) is 6.43. The van der Waals surface area contributed by atoms with Gasteiger partial charge in [-0.2, -0.15) is 0 Å². The van der Waals surface area contributed by atoms with Gasteiger partial charge in [0.05, 0.1) is 6.61 Å². The van der Waals surface area contributed by atoms with E-state index in [1.165, 1.54) is 0 Å². The van der Waals surface area contributed by atoms with Gasteiger partial charge in [-0.3, -0.25) is 4.79 Å². The molecule has 1 rings (SSSR count). The Morgan fingerprint density at radius 2 is 1.84 bits per heavy atom. The van der Waals surface area contributed by atoms with E-state index in [4.69, 9.17) is 20.3 Å². The molecule has 0 aliphatic rings. The van der Waals surface area contributed by atoms with Crippen LogP contribution >= 0.6 is 0 Å². The van der Waals surface area contributed by atoms with Crippen LogP contribution in [0.1, 0.15) is 27.2 Å². The second-order valence-electron chi connectivity index (χ2n) is 4.92. The van der Waals surface area contributed by atoms with Gasteiger partial charge in [-0.15, -0.1) is 0 Å². The predicted octanol–water partition coefficient (Wildman–Crippen LogP) is 2.04. The van der Waals surface area contributed by atoms with Gasteiger partial charge in [0.1, 0.15) is 23.1 Å². The van der Waals surface area contributed by atoms with Gasteiger partial charge in [0.2, 0.25) is 0 Å². The van der Waals surface area contributed by atoms with Gasteiger partial charge in [0.15, 0.2) is 0 Å². The Labute approximate surface area is 113 Å². The second-order valence-corrected chi connectivity index (χ2v) is 4.92. The number of rotatable bonds is 7. The standard InChI is InChI=1S/C14H21NO4/c1-4-18-10-5-7-11(8-6-10)19-14(2,3)9-12(15)13(16)17/h5-8,12H,4,9,15H2,1-3H3,(H,16,17). The molecule has 0 heterocycles. The Morgan fingerprint density at radius 3 is 2.32 bits per heavy atom. The van der Waals surface area contributed by atoms with Crippen molar-refractivity contribution in [1.29, 1.82) is 0 Å². The van der Waals surface area contributed by atoms with Crippen LogP contribution in [-0.2, 0) is 4.79 Å². The van der Waals surface area contributed by atoms with E-state index < -0.39 is 17.6 Å². The Bertz CT molecular complexity index is 414. The van der Waals surface area contributed by atoms with Crippen molar-refractivity contribution in [2.75, 3.05) is 6.61 Å². The lowest BCUT2D eigenvalue weighted by molar-refractivity contribution is -0.139. The summed E-state index contributed by atoms with van der Waals surface area (Å²) in [4.78, 5) is 10.7. The van der Waals surface area contributed by atoms with E-state index in [1.807, 2.05) is 32.9 Å². The molecule has 0 spiro atoms. The molecule has 1 aromatic carbocycles. The highest BCUT2D eigenvalue weighted by molar-refractivity contribution is 5.73. The third-order valence-corrected chi connectivity index (χ3v) is 2.56. The van der Waals surface area contributed by atoms with Crippen LogP contribution in [0.25, 0.3) is 0 Å². The van der Waals surface area contributed by atoms with Gasteiger partial charge in [-0.05, 0) is 45.0 Å². The minimum atomic E-state index is -1.02. The minimum Gasteiger partial charge on any atom is -0.494 e. The number of carboxylic acids is 1. The van der Waals surface area contributed by atoms with E-state index in [0.717, 1.165) is 5.75 Å². The minimum absolute atomic E-state index is 0.232. The van der Waals surface area contributed by atoms with Gasteiger partial charge in [-0.25, -0.2) is 0 Å². The van der Waals surface area contributed by atoms with Crippen molar-refractivity contribution < 1.29 is 19.4 Å². The first-order valence-corrected chi connectivity index (χ1v) is 6.24. The number of ether oxygens (including phenoxy) is 2. The molecule has 0 fully saturated rings. The summed E-state index contributed by atoms with van der Waals surface area (Å²) in [5.41, 5.74) is 4.87. The number of hydrogen-bond donors (Lipinski definition) is 2. The molecular weight excluding hydrogens is 246 g/mol. The molecule has 0 aliphatic heterocycles. The summed E-state index contributed by atoms with van der Waals surface area (Å²) in [6.45, 7) is 6.15. The molecule has 0 aromatic heterocycles. The number of aliphatic carboxylic acids is 1. The van der Waals surface area contributed by atoms with Crippen molar-refractivity contribution in [3.05, 3.63) is 24.3 Å².